The summed E-state index contributed by atoms with van der Waals surface area (Å²) in [6.45, 7) is 2.13. The van der Waals surface area contributed by atoms with E-state index in [-0.39, 0.29) is 30.6 Å². The third-order valence-electron chi connectivity index (χ3n) is 6.54. The Balaban J connectivity index is 1.40. The van der Waals surface area contributed by atoms with Crippen molar-refractivity contribution in [3.05, 3.63) is 124 Å². The van der Waals surface area contributed by atoms with E-state index in [1.165, 1.54) is 0 Å². The lowest BCUT2D eigenvalue weighted by atomic mass is 9.98. The second-order valence-electron chi connectivity index (χ2n) is 9.33. The van der Waals surface area contributed by atoms with E-state index in [0.717, 1.165) is 16.7 Å². The van der Waals surface area contributed by atoms with Crippen molar-refractivity contribution in [3.8, 4) is 0 Å². The number of amides is 2. The highest BCUT2D eigenvalue weighted by Crippen LogP contribution is 2.27. The molecule has 4 aromatic rings. The molecular formula is C30H25ClN4O3. The van der Waals surface area contributed by atoms with Crippen LogP contribution in [0.1, 0.15) is 43.0 Å². The largest absolute Gasteiger partial charge is 0.324 e. The van der Waals surface area contributed by atoms with Crippen LogP contribution in [0.4, 0.5) is 5.82 Å². The maximum atomic E-state index is 13.7. The molecule has 1 N–H and O–H groups in total. The van der Waals surface area contributed by atoms with Crippen molar-refractivity contribution in [1.82, 2.24) is 14.9 Å². The van der Waals surface area contributed by atoms with Crippen LogP contribution in [0.3, 0.4) is 0 Å². The summed E-state index contributed by atoms with van der Waals surface area (Å²) < 4.78 is 0. The minimum Gasteiger partial charge on any atom is -0.324 e. The van der Waals surface area contributed by atoms with Crippen molar-refractivity contribution in [2.24, 2.45) is 0 Å². The summed E-state index contributed by atoms with van der Waals surface area (Å²) in [7, 11) is 0. The van der Waals surface area contributed by atoms with E-state index < -0.39 is 6.04 Å². The van der Waals surface area contributed by atoms with Gasteiger partial charge in [0.05, 0.1) is 6.04 Å². The first-order valence-corrected chi connectivity index (χ1v) is 12.6. The van der Waals surface area contributed by atoms with Gasteiger partial charge in [0.1, 0.15) is 5.82 Å². The third kappa shape index (κ3) is 5.63. The summed E-state index contributed by atoms with van der Waals surface area (Å²) in [4.78, 5) is 49.9. The Morgan fingerprint density at radius 1 is 1.03 bits per heavy atom. The predicted octanol–water partition coefficient (Wildman–Crippen LogP) is 5.07. The Morgan fingerprint density at radius 2 is 1.84 bits per heavy atom. The number of hydrogen-bond acceptors (Lipinski definition) is 5. The monoisotopic (exact) mass is 524 g/mol. The van der Waals surface area contributed by atoms with Gasteiger partial charge in [-0.15, -0.1) is 0 Å². The molecule has 0 saturated carbocycles. The molecule has 0 unspecified atom stereocenters. The fraction of sp³-hybridized carbons (Fsp3) is 0.167. The molecule has 190 valence electrons. The van der Waals surface area contributed by atoms with E-state index in [4.69, 9.17) is 11.6 Å². The standard InChI is InChI=1S/C30H25ClN4O3/c1-19-4-11-28(33-16-19)34-29(37)22-7-5-20(6-8-22)18-35-26(13-21-3-2-12-32-17-21)27(36)15-23-14-24(31)9-10-25(23)30(35)38/h2-12,14,16-17,26H,13,15,18H2,1H3,(H,33,34,37)/t26-/m1/s1. The zero-order valence-corrected chi connectivity index (χ0v) is 21.5. The number of carbonyl (C=O) groups excluding carboxylic acids is 3. The minimum atomic E-state index is -0.673. The maximum absolute atomic E-state index is 13.7. The Kier molecular flexibility index (Phi) is 7.29. The van der Waals surface area contributed by atoms with Crippen LogP contribution in [-0.4, -0.2) is 38.5 Å². The zero-order valence-electron chi connectivity index (χ0n) is 20.7. The number of rotatable bonds is 6. The highest BCUT2D eigenvalue weighted by atomic mass is 35.5. The Bertz CT molecular complexity index is 1490. The zero-order chi connectivity index (χ0) is 26.6. The lowest BCUT2D eigenvalue weighted by molar-refractivity contribution is -0.122. The van der Waals surface area contributed by atoms with Gasteiger partial charge in [-0.2, -0.15) is 0 Å². The number of ketones is 1. The van der Waals surface area contributed by atoms with Crippen LogP contribution < -0.4 is 5.32 Å². The van der Waals surface area contributed by atoms with Crippen LogP contribution in [0, 0.1) is 6.92 Å². The number of aromatic nitrogens is 2. The van der Waals surface area contributed by atoms with E-state index >= 15 is 0 Å². The number of nitrogens with one attached hydrogen (secondary N) is 1. The molecule has 8 heteroatoms. The maximum Gasteiger partial charge on any atom is 0.256 e. The molecule has 3 heterocycles. The fourth-order valence-electron chi connectivity index (χ4n) is 4.53. The predicted molar refractivity (Wildman–Crippen MR) is 145 cm³/mol. The molecule has 1 atom stereocenters. The number of nitrogens with zero attached hydrogens (tertiary/aromatic N) is 3. The van der Waals surface area contributed by atoms with Gasteiger partial charge in [0, 0.05) is 54.1 Å². The Morgan fingerprint density at radius 3 is 2.55 bits per heavy atom. The van der Waals surface area contributed by atoms with Gasteiger partial charge in [0.2, 0.25) is 0 Å². The smallest absolute Gasteiger partial charge is 0.256 e. The molecule has 38 heavy (non-hydrogen) atoms. The van der Waals surface area contributed by atoms with E-state index in [2.05, 4.69) is 15.3 Å². The van der Waals surface area contributed by atoms with E-state index in [0.29, 0.717) is 34.0 Å². The van der Waals surface area contributed by atoms with Crippen molar-refractivity contribution in [2.75, 3.05) is 5.32 Å². The Labute approximate surface area is 225 Å². The minimum absolute atomic E-state index is 0.0650. The molecule has 1 aliphatic heterocycles. The van der Waals surface area contributed by atoms with Gasteiger partial charge in [0.25, 0.3) is 11.8 Å². The van der Waals surface area contributed by atoms with Gasteiger partial charge in [-0.3, -0.25) is 19.4 Å². The summed E-state index contributed by atoms with van der Waals surface area (Å²) in [6, 6.07) is 18.7. The van der Waals surface area contributed by atoms with Crippen LogP contribution in [0.2, 0.25) is 5.02 Å². The van der Waals surface area contributed by atoms with Crippen LogP contribution in [0.5, 0.6) is 0 Å². The molecule has 2 aromatic heterocycles. The molecule has 2 aromatic carbocycles. The van der Waals surface area contributed by atoms with Gasteiger partial charge in [-0.05, 0) is 71.6 Å². The summed E-state index contributed by atoms with van der Waals surface area (Å²) in [6.07, 6.45) is 5.54. The highest BCUT2D eigenvalue weighted by molar-refractivity contribution is 6.30. The quantitative estimate of drug-likeness (QED) is 0.380. The molecule has 0 fully saturated rings. The number of halogens is 1. The molecule has 0 spiro atoms. The van der Waals surface area contributed by atoms with Crippen LogP contribution in [0.15, 0.2) is 85.3 Å². The number of benzene rings is 2. The number of aryl methyl sites for hydroxylation is 1. The lowest BCUT2D eigenvalue weighted by Crippen LogP contribution is -2.44. The van der Waals surface area contributed by atoms with Crippen LogP contribution >= 0.6 is 11.6 Å². The summed E-state index contributed by atoms with van der Waals surface area (Å²) in [5, 5.41) is 3.26. The van der Waals surface area contributed by atoms with Gasteiger partial charge in [-0.1, -0.05) is 35.9 Å². The SMILES string of the molecule is Cc1ccc(NC(=O)c2ccc(CN3C(=O)c4ccc(Cl)cc4CC(=O)[C@H]3Cc3cccnc3)cc2)nc1. The molecule has 2 amide bonds. The van der Waals surface area contributed by atoms with E-state index in [1.54, 1.807) is 72.0 Å². The first-order valence-electron chi connectivity index (χ1n) is 12.2. The van der Waals surface area contributed by atoms with Crippen molar-refractivity contribution in [2.45, 2.75) is 32.4 Å². The third-order valence-corrected chi connectivity index (χ3v) is 6.78. The molecular weight excluding hydrogens is 500 g/mol. The van der Waals surface area contributed by atoms with E-state index in [9.17, 15) is 14.4 Å². The number of carbonyl (C=O) groups is 3. The van der Waals surface area contributed by atoms with Crippen LogP contribution in [0.25, 0.3) is 0 Å². The number of pyridine rings is 2. The lowest BCUT2D eigenvalue weighted by Gasteiger charge is -2.29. The number of fused-ring (bicyclic) bond motifs is 1. The normalized spacial score (nSPS) is 15.1. The number of hydrogen-bond donors (Lipinski definition) is 1. The average molecular weight is 525 g/mol. The van der Waals surface area contributed by atoms with Crippen molar-refractivity contribution in [1.29, 1.82) is 0 Å². The summed E-state index contributed by atoms with van der Waals surface area (Å²) in [5.41, 5.74) is 4.22. The molecule has 0 aliphatic carbocycles. The Hall–Kier alpha value is -4.36. The second-order valence-corrected chi connectivity index (χ2v) is 9.77. The van der Waals surface area contributed by atoms with Crippen LogP contribution in [-0.2, 0) is 24.2 Å². The van der Waals surface area contributed by atoms with Crippen molar-refractivity contribution >= 4 is 35.0 Å². The first kappa shape index (κ1) is 25.3. The van der Waals surface area contributed by atoms with Gasteiger partial charge in [0.15, 0.2) is 5.78 Å². The van der Waals surface area contributed by atoms with Gasteiger partial charge < -0.3 is 10.2 Å². The molecule has 5 rings (SSSR count). The van der Waals surface area contributed by atoms with E-state index in [1.807, 2.05) is 25.1 Å². The molecule has 0 radical (unpaired) electrons. The highest BCUT2D eigenvalue weighted by Gasteiger charge is 2.35. The van der Waals surface area contributed by atoms with Crippen molar-refractivity contribution in [3.63, 3.8) is 0 Å². The number of Topliss-reactive ketones (excluding diaryl/α,β-unsaturated/α-hetero) is 1. The summed E-state index contributed by atoms with van der Waals surface area (Å²) in [5.74, 6) is -0.113. The molecule has 0 bridgehead atoms. The summed E-state index contributed by atoms with van der Waals surface area (Å²) >= 11 is 6.17. The second kappa shape index (κ2) is 10.9. The first-order chi connectivity index (χ1) is 18.4. The topological polar surface area (TPSA) is 92.3 Å². The van der Waals surface area contributed by atoms with Crippen molar-refractivity contribution < 1.29 is 14.4 Å². The molecule has 7 nitrogen and oxygen atoms in total. The molecule has 0 saturated heterocycles. The fourth-order valence-corrected chi connectivity index (χ4v) is 4.72. The number of anilines is 1. The van der Waals surface area contributed by atoms with Gasteiger partial charge >= 0.3 is 0 Å². The average Bonchev–Trinajstić information content (AvgIpc) is 3.00. The molecule has 1 aliphatic rings. The van der Waals surface area contributed by atoms with Gasteiger partial charge in [-0.25, -0.2) is 4.98 Å².